The van der Waals surface area contributed by atoms with Gasteiger partial charge in [0.2, 0.25) is 0 Å². The largest absolute Gasteiger partial charge is 0.478 e. The van der Waals surface area contributed by atoms with E-state index in [0.29, 0.717) is 11.0 Å². The smallest absolute Gasteiger partial charge is 0.336 e. The lowest BCUT2D eigenvalue weighted by molar-refractivity contribution is 0.0692. The van der Waals surface area contributed by atoms with E-state index in [9.17, 15) is 14.7 Å². The normalized spacial score (nSPS) is 10.9. The van der Waals surface area contributed by atoms with Gasteiger partial charge in [-0.3, -0.25) is 10.1 Å². The lowest BCUT2D eigenvalue weighted by Crippen LogP contribution is -2.16. The fourth-order valence-corrected chi connectivity index (χ4v) is 3.62. The molecule has 0 aliphatic carbocycles. The molecule has 5 nitrogen and oxygen atoms in total. The average molecular weight is 435 g/mol. The third-order valence-corrected chi connectivity index (χ3v) is 5.61. The van der Waals surface area contributed by atoms with Crippen molar-refractivity contribution in [1.29, 1.82) is 0 Å². The quantitative estimate of drug-likeness (QED) is 0.501. The van der Waals surface area contributed by atoms with Crippen LogP contribution < -0.4 is 5.32 Å². The lowest BCUT2D eigenvalue weighted by atomic mass is 10.0. The molecule has 0 saturated carbocycles. The summed E-state index contributed by atoms with van der Waals surface area (Å²) >= 11 is 13.0. The van der Waals surface area contributed by atoms with E-state index in [2.05, 4.69) is 24.1 Å². The van der Waals surface area contributed by atoms with Crippen LogP contribution in [-0.4, -0.2) is 22.0 Å². The number of hydrogen-bond donors (Lipinski definition) is 2. The number of thiazole rings is 1. The van der Waals surface area contributed by atoms with Gasteiger partial charge in [-0.25, -0.2) is 9.78 Å². The second-order valence-electron chi connectivity index (χ2n) is 6.39. The summed E-state index contributed by atoms with van der Waals surface area (Å²) in [6.45, 7) is 4.25. The number of benzene rings is 2. The van der Waals surface area contributed by atoms with Gasteiger partial charge >= 0.3 is 5.97 Å². The van der Waals surface area contributed by atoms with E-state index in [4.69, 9.17) is 23.2 Å². The highest BCUT2D eigenvalue weighted by molar-refractivity contribution is 7.14. The molecule has 2 aromatic carbocycles. The number of carboxylic acid groups (broad SMARTS) is 1. The third-order valence-electron chi connectivity index (χ3n) is 4.13. The number of aromatic nitrogens is 1. The molecular formula is C20H16Cl2N2O3S. The van der Waals surface area contributed by atoms with Gasteiger partial charge in [0.25, 0.3) is 5.91 Å². The summed E-state index contributed by atoms with van der Waals surface area (Å²) in [5.41, 5.74) is 2.58. The molecule has 1 aromatic heterocycles. The Morgan fingerprint density at radius 1 is 1.07 bits per heavy atom. The van der Waals surface area contributed by atoms with E-state index in [1.54, 1.807) is 0 Å². The molecule has 0 spiro atoms. The maximum atomic E-state index is 12.6. The van der Waals surface area contributed by atoms with E-state index in [1.807, 2.05) is 29.6 Å². The molecule has 2 N–H and O–H groups in total. The molecule has 0 aliphatic heterocycles. The standard InChI is InChI=1S/C20H16Cl2N2O3S/c1-10(2)11-3-5-12(6-4-11)17-9-28-20(23-17)24-18(25)13-7-15(21)16(22)8-14(13)19(26)27/h3-10H,1-2H3,(H,26,27)(H,23,24,25). The first-order valence-corrected chi connectivity index (χ1v) is 9.99. The minimum absolute atomic E-state index is 0.0667. The Hall–Kier alpha value is -2.41. The van der Waals surface area contributed by atoms with Crippen LogP contribution in [0.25, 0.3) is 11.3 Å². The van der Waals surface area contributed by atoms with Crippen LogP contribution in [0.4, 0.5) is 5.13 Å². The molecule has 28 heavy (non-hydrogen) atoms. The van der Waals surface area contributed by atoms with Crippen LogP contribution >= 0.6 is 34.5 Å². The Kier molecular flexibility index (Phi) is 6.03. The van der Waals surface area contributed by atoms with Crippen LogP contribution in [0.1, 0.15) is 46.0 Å². The number of aromatic carboxylic acids is 1. The van der Waals surface area contributed by atoms with Crippen molar-refractivity contribution in [3.63, 3.8) is 0 Å². The van der Waals surface area contributed by atoms with Gasteiger partial charge in [0.15, 0.2) is 5.13 Å². The van der Waals surface area contributed by atoms with Crippen molar-refractivity contribution in [1.82, 2.24) is 4.98 Å². The van der Waals surface area contributed by atoms with Crippen molar-refractivity contribution < 1.29 is 14.7 Å². The number of carbonyl (C=O) groups is 2. The fraction of sp³-hybridized carbons (Fsp3) is 0.150. The predicted molar refractivity (Wildman–Crippen MR) is 113 cm³/mol. The van der Waals surface area contributed by atoms with Crippen molar-refractivity contribution >= 4 is 51.5 Å². The Bertz CT molecular complexity index is 1050. The summed E-state index contributed by atoms with van der Waals surface area (Å²) in [4.78, 5) is 28.4. The van der Waals surface area contributed by atoms with Gasteiger partial charge in [0.1, 0.15) is 0 Å². The first-order chi connectivity index (χ1) is 13.3. The predicted octanol–water partition coefficient (Wildman–Crippen LogP) is 6.19. The molecule has 0 aliphatic rings. The molecule has 0 radical (unpaired) electrons. The zero-order chi connectivity index (χ0) is 20.4. The Morgan fingerprint density at radius 2 is 1.68 bits per heavy atom. The Morgan fingerprint density at radius 3 is 2.25 bits per heavy atom. The molecule has 8 heteroatoms. The maximum absolute atomic E-state index is 12.6. The summed E-state index contributed by atoms with van der Waals surface area (Å²) in [6, 6.07) is 10.5. The zero-order valence-electron chi connectivity index (χ0n) is 15.0. The van der Waals surface area contributed by atoms with Crippen LogP contribution in [0, 0.1) is 0 Å². The number of hydrogen-bond acceptors (Lipinski definition) is 4. The van der Waals surface area contributed by atoms with Gasteiger partial charge in [-0.15, -0.1) is 11.3 Å². The highest BCUT2D eigenvalue weighted by Gasteiger charge is 2.20. The highest BCUT2D eigenvalue weighted by atomic mass is 35.5. The van der Waals surface area contributed by atoms with Gasteiger partial charge in [-0.1, -0.05) is 61.3 Å². The fourth-order valence-electron chi connectivity index (χ4n) is 2.58. The number of rotatable bonds is 5. The monoisotopic (exact) mass is 434 g/mol. The zero-order valence-corrected chi connectivity index (χ0v) is 17.3. The lowest BCUT2D eigenvalue weighted by Gasteiger charge is -2.08. The van der Waals surface area contributed by atoms with Crippen LogP contribution in [0.3, 0.4) is 0 Å². The third kappa shape index (κ3) is 4.35. The number of halogens is 2. The molecule has 0 saturated heterocycles. The van der Waals surface area contributed by atoms with Crippen molar-refractivity contribution in [3.05, 3.63) is 68.5 Å². The summed E-state index contributed by atoms with van der Waals surface area (Å²) in [7, 11) is 0. The van der Waals surface area contributed by atoms with Gasteiger partial charge in [-0.2, -0.15) is 0 Å². The van der Waals surface area contributed by atoms with E-state index in [-0.39, 0.29) is 21.2 Å². The molecular weight excluding hydrogens is 419 g/mol. The number of amides is 1. The van der Waals surface area contributed by atoms with Crippen molar-refractivity contribution in [3.8, 4) is 11.3 Å². The van der Waals surface area contributed by atoms with Crippen LogP contribution in [0.15, 0.2) is 41.8 Å². The van der Waals surface area contributed by atoms with Crippen molar-refractivity contribution in [2.75, 3.05) is 5.32 Å². The molecule has 1 amide bonds. The molecule has 0 unspecified atom stereocenters. The van der Waals surface area contributed by atoms with Gasteiger partial charge in [0.05, 0.1) is 26.9 Å². The second-order valence-corrected chi connectivity index (χ2v) is 8.06. The van der Waals surface area contributed by atoms with Gasteiger partial charge in [0, 0.05) is 10.9 Å². The number of nitrogens with one attached hydrogen (secondary N) is 1. The van der Waals surface area contributed by atoms with Gasteiger partial charge < -0.3 is 5.11 Å². The number of nitrogens with zero attached hydrogens (tertiary/aromatic N) is 1. The van der Waals surface area contributed by atoms with E-state index < -0.39 is 11.9 Å². The molecule has 3 rings (SSSR count). The molecule has 144 valence electrons. The molecule has 3 aromatic rings. The second kappa shape index (κ2) is 8.31. The van der Waals surface area contributed by atoms with Crippen molar-refractivity contribution in [2.45, 2.75) is 19.8 Å². The molecule has 0 bridgehead atoms. The Balaban J connectivity index is 1.83. The summed E-state index contributed by atoms with van der Waals surface area (Å²) < 4.78 is 0. The molecule has 1 heterocycles. The number of carboxylic acids is 1. The summed E-state index contributed by atoms with van der Waals surface area (Å²) in [6.07, 6.45) is 0. The van der Waals surface area contributed by atoms with Crippen molar-refractivity contribution in [2.24, 2.45) is 0 Å². The summed E-state index contributed by atoms with van der Waals surface area (Å²) in [5.74, 6) is -1.45. The van der Waals surface area contributed by atoms with Crippen LogP contribution in [0.5, 0.6) is 0 Å². The van der Waals surface area contributed by atoms with E-state index in [1.165, 1.54) is 23.0 Å². The average Bonchev–Trinajstić information content (AvgIpc) is 3.11. The Labute approximate surface area is 176 Å². The van der Waals surface area contributed by atoms with Gasteiger partial charge in [-0.05, 0) is 23.6 Å². The molecule has 0 atom stereocenters. The summed E-state index contributed by atoms with van der Waals surface area (Å²) in [5, 5.41) is 14.3. The minimum atomic E-state index is -1.27. The first-order valence-electron chi connectivity index (χ1n) is 8.35. The SMILES string of the molecule is CC(C)c1ccc(-c2csc(NC(=O)c3cc(Cl)c(Cl)cc3C(=O)O)n2)cc1. The van der Waals surface area contributed by atoms with E-state index >= 15 is 0 Å². The van der Waals surface area contributed by atoms with E-state index in [0.717, 1.165) is 17.3 Å². The first kappa shape index (κ1) is 20.3. The number of carbonyl (C=O) groups excluding carboxylic acids is 1. The highest BCUT2D eigenvalue weighted by Crippen LogP contribution is 2.29. The minimum Gasteiger partial charge on any atom is -0.478 e. The topological polar surface area (TPSA) is 79.3 Å². The maximum Gasteiger partial charge on any atom is 0.336 e. The number of anilines is 1. The van der Waals surface area contributed by atoms with Crippen LogP contribution in [-0.2, 0) is 0 Å². The molecule has 0 fully saturated rings. The van der Waals surface area contributed by atoms with Crippen LogP contribution in [0.2, 0.25) is 10.0 Å².